The third-order valence-electron chi connectivity index (χ3n) is 6.15. The van der Waals surface area contributed by atoms with E-state index in [1.807, 2.05) is 0 Å². The largest absolute Gasteiger partial charge is 0.381 e. The summed E-state index contributed by atoms with van der Waals surface area (Å²) >= 11 is 0. The fourth-order valence-electron chi connectivity index (χ4n) is 4.51. The highest BCUT2D eigenvalue weighted by Crippen LogP contribution is 2.26. The van der Waals surface area contributed by atoms with Crippen molar-refractivity contribution < 1.29 is 9.47 Å². The van der Waals surface area contributed by atoms with Gasteiger partial charge in [-0.05, 0) is 45.4 Å². The van der Waals surface area contributed by atoms with Crippen molar-refractivity contribution in [1.29, 1.82) is 0 Å². The van der Waals surface area contributed by atoms with Crippen LogP contribution in [-0.2, 0) is 9.47 Å². The Morgan fingerprint density at radius 1 is 1.15 bits per heavy atom. The van der Waals surface area contributed by atoms with Crippen molar-refractivity contribution in [3.05, 3.63) is 0 Å². The van der Waals surface area contributed by atoms with E-state index in [9.17, 15) is 0 Å². The average molecular weight is 381 g/mol. The first-order valence-electron chi connectivity index (χ1n) is 11.3. The van der Waals surface area contributed by atoms with Gasteiger partial charge in [-0.2, -0.15) is 0 Å². The lowest BCUT2D eigenvalue weighted by atomic mass is 10.0. The molecule has 156 valence electrons. The SMILES string of the molecule is CCNC(=NCCCOCC1CCOC1)NC1CCN(C2CCCC2)CC1. The summed E-state index contributed by atoms with van der Waals surface area (Å²) in [6, 6.07) is 1.42. The second kappa shape index (κ2) is 11.9. The van der Waals surface area contributed by atoms with Gasteiger partial charge in [0, 0.05) is 57.4 Å². The zero-order chi connectivity index (χ0) is 18.7. The van der Waals surface area contributed by atoms with Gasteiger partial charge in [-0.15, -0.1) is 0 Å². The number of hydrogen-bond acceptors (Lipinski definition) is 4. The maximum atomic E-state index is 5.77. The van der Waals surface area contributed by atoms with E-state index in [0.29, 0.717) is 12.0 Å². The molecule has 3 rings (SSSR count). The average Bonchev–Trinajstić information content (AvgIpc) is 3.39. The summed E-state index contributed by atoms with van der Waals surface area (Å²) in [6.07, 6.45) is 10.3. The monoisotopic (exact) mass is 380 g/mol. The van der Waals surface area contributed by atoms with Crippen LogP contribution >= 0.6 is 0 Å². The molecule has 0 aromatic heterocycles. The van der Waals surface area contributed by atoms with Gasteiger partial charge >= 0.3 is 0 Å². The van der Waals surface area contributed by atoms with Crippen LogP contribution in [0, 0.1) is 5.92 Å². The molecule has 2 N–H and O–H groups in total. The Bertz CT molecular complexity index is 426. The van der Waals surface area contributed by atoms with Crippen LogP contribution in [0.5, 0.6) is 0 Å². The second-order valence-corrected chi connectivity index (χ2v) is 8.31. The van der Waals surface area contributed by atoms with E-state index >= 15 is 0 Å². The lowest BCUT2D eigenvalue weighted by molar-refractivity contribution is 0.0893. The summed E-state index contributed by atoms with van der Waals surface area (Å²) in [5, 5.41) is 7.06. The fourth-order valence-corrected chi connectivity index (χ4v) is 4.51. The molecular formula is C21H40N4O2. The molecule has 0 aromatic rings. The molecule has 0 bridgehead atoms. The van der Waals surface area contributed by atoms with Crippen LogP contribution in [0.15, 0.2) is 4.99 Å². The van der Waals surface area contributed by atoms with Crippen LogP contribution in [0.3, 0.4) is 0 Å². The van der Waals surface area contributed by atoms with Gasteiger partial charge in [0.15, 0.2) is 5.96 Å². The maximum Gasteiger partial charge on any atom is 0.191 e. The highest BCUT2D eigenvalue weighted by Gasteiger charge is 2.27. The predicted octanol–water partition coefficient (Wildman–Crippen LogP) is 2.39. The van der Waals surface area contributed by atoms with Gasteiger partial charge in [0.05, 0.1) is 13.2 Å². The topological polar surface area (TPSA) is 58.1 Å². The van der Waals surface area contributed by atoms with Crippen molar-refractivity contribution in [2.45, 2.75) is 70.4 Å². The Balaban J connectivity index is 1.30. The van der Waals surface area contributed by atoms with Crippen molar-refractivity contribution in [2.24, 2.45) is 10.9 Å². The van der Waals surface area contributed by atoms with Crippen molar-refractivity contribution in [2.75, 3.05) is 52.6 Å². The molecule has 0 amide bonds. The minimum Gasteiger partial charge on any atom is -0.381 e. The van der Waals surface area contributed by atoms with Gasteiger partial charge in [0.1, 0.15) is 0 Å². The number of guanidine groups is 1. The highest BCUT2D eigenvalue weighted by molar-refractivity contribution is 5.80. The summed E-state index contributed by atoms with van der Waals surface area (Å²) in [5.74, 6) is 1.57. The van der Waals surface area contributed by atoms with Crippen molar-refractivity contribution in [1.82, 2.24) is 15.5 Å². The van der Waals surface area contributed by atoms with Crippen LogP contribution in [-0.4, -0.2) is 75.5 Å². The molecule has 2 aliphatic heterocycles. The molecule has 1 saturated carbocycles. The van der Waals surface area contributed by atoms with E-state index in [1.165, 1.54) is 51.6 Å². The molecule has 27 heavy (non-hydrogen) atoms. The number of ether oxygens (including phenoxy) is 2. The van der Waals surface area contributed by atoms with E-state index in [-0.39, 0.29) is 0 Å². The quantitative estimate of drug-likeness (QED) is 0.365. The highest BCUT2D eigenvalue weighted by atomic mass is 16.5. The van der Waals surface area contributed by atoms with Crippen molar-refractivity contribution >= 4 is 5.96 Å². The molecule has 6 nitrogen and oxygen atoms in total. The second-order valence-electron chi connectivity index (χ2n) is 8.31. The van der Waals surface area contributed by atoms with Crippen LogP contribution in [0.25, 0.3) is 0 Å². The maximum absolute atomic E-state index is 5.77. The normalized spacial score (nSPS) is 26.0. The van der Waals surface area contributed by atoms with E-state index in [4.69, 9.17) is 14.5 Å². The molecule has 2 heterocycles. The Labute approximate surface area is 165 Å². The molecule has 0 spiro atoms. The van der Waals surface area contributed by atoms with E-state index < -0.39 is 0 Å². The van der Waals surface area contributed by atoms with Gasteiger partial charge < -0.3 is 25.0 Å². The van der Waals surface area contributed by atoms with Crippen LogP contribution < -0.4 is 10.6 Å². The third kappa shape index (κ3) is 7.24. The number of piperidine rings is 1. The number of rotatable bonds is 9. The standard InChI is InChI=1S/C21H40N4O2/c1-2-22-21(23-11-5-14-26-16-18-10-15-27-17-18)24-19-8-12-25(13-9-19)20-6-3-4-7-20/h18-20H,2-17H2,1H3,(H2,22,23,24). The van der Waals surface area contributed by atoms with E-state index in [2.05, 4.69) is 22.5 Å². The number of hydrogen-bond donors (Lipinski definition) is 2. The number of nitrogens with zero attached hydrogens (tertiary/aromatic N) is 2. The smallest absolute Gasteiger partial charge is 0.191 e. The van der Waals surface area contributed by atoms with Crippen LogP contribution in [0.1, 0.15) is 58.3 Å². The van der Waals surface area contributed by atoms with Gasteiger partial charge in [-0.1, -0.05) is 12.8 Å². The first-order valence-corrected chi connectivity index (χ1v) is 11.3. The Hall–Kier alpha value is -0.850. The molecule has 2 saturated heterocycles. The molecule has 3 fully saturated rings. The molecule has 1 aliphatic carbocycles. The molecular weight excluding hydrogens is 340 g/mol. The third-order valence-corrected chi connectivity index (χ3v) is 6.15. The summed E-state index contributed by atoms with van der Waals surface area (Å²) in [7, 11) is 0. The van der Waals surface area contributed by atoms with Gasteiger partial charge in [0.2, 0.25) is 0 Å². The molecule has 0 aromatic carbocycles. The Morgan fingerprint density at radius 3 is 2.67 bits per heavy atom. The van der Waals surface area contributed by atoms with Gasteiger partial charge in [-0.3, -0.25) is 4.99 Å². The first-order chi connectivity index (χ1) is 13.3. The number of aliphatic imine (C=N–C) groups is 1. The molecule has 1 unspecified atom stereocenters. The number of nitrogens with one attached hydrogen (secondary N) is 2. The fraction of sp³-hybridized carbons (Fsp3) is 0.952. The first kappa shape index (κ1) is 20.9. The van der Waals surface area contributed by atoms with E-state index in [1.54, 1.807) is 0 Å². The summed E-state index contributed by atoms with van der Waals surface area (Å²) < 4.78 is 11.2. The minimum absolute atomic E-state index is 0.555. The Kier molecular flexibility index (Phi) is 9.18. The van der Waals surface area contributed by atoms with Gasteiger partial charge in [-0.25, -0.2) is 0 Å². The van der Waals surface area contributed by atoms with E-state index in [0.717, 1.165) is 64.4 Å². The summed E-state index contributed by atoms with van der Waals surface area (Å²) in [5.41, 5.74) is 0. The zero-order valence-electron chi connectivity index (χ0n) is 17.3. The lowest BCUT2D eigenvalue weighted by Crippen LogP contribution is -2.50. The van der Waals surface area contributed by atoms with Crippen molar-refractivity contribution in [3.8, 4) is 0 Å². The Morgan fingerprint density at radius 2 is 1.96 bits per heavy atom. The van der Waals surface area contributed by atoms with Crippen LogP contribution in [0.2, 0.25) is 0 Å². The predicted molar refractivity (Wildman–Crippen MR) is 110 cm³/mol. The summed E-state index contributed by atoms with van der Waals surface area (Å²) in [6.45, 7) is 9.72. The molecule has 0 radical (unpaired) electrons. The number of likely N-dealkylation sites (tertiary alicyclic amines) is 1. The van der Waals surface area contributed by atoms with Gasteiger partial charge in [0.25, 0.3) is 0 Å². The molecule has 1 atom stereocenters. The van der Waals surface area contributed by atoms with Crippen LogP contribution in [0.4, 0.5) is 0 Å². The summed E-state index contributed by atoms with van der Waals surface area (Å²) in [4.78, 5) is 7.47. The van der Waals surface area contributed by atoms with Crippen molar-refractivity contribution in [3.63, 3.8) is 0 Å². The minimum atomic E-state index is 0.555. The zero-order valence-corrected chi connectivity index (χ0v) is 17.3. The molecule has 3 aliphatic rings. The lowest BCUT2D eigenvalue weighted by Gasteiger charge is -2.36. The molecule has 6 heteroatoms.